The van der Waals surface area contributed by atoms with E-state index in [0.29, 0.717) is 6.42 Å². The summed E-state index contributed by atoms with van der Waals surface area (Å²) in [5.41, 5.74) is 1.16. The normalized spacial score (nSPS) is 26.0. The van der Waals surface area contributed by atoms with Crippen LogP contribution in [0.25, 0.3) is 0 Å². The van der Waals surface area contributed by atoms with Crippen molar-refractivity contribution in [2.45, 2.75) is 25.1 Å². The number of carbonyl (C=O) groups is 1. The Morgan fingerprint density at radius 2 is 2.09 bits per heavy atom. The molecular formula is C17H15BrN2O2. The lowest BCUT2D eigenvalue weighted by Gasteiger charge is -2.50. The molecule has 2 bridgehead atoms. The van der Waals surface area contributed by atoms with Crippen molar-refractivity contribution in [1.82, 2.24) is 5.32 Å². The average Bonchev–Trinajstić information content (AvgIpc) is 2.46. The number of urea groups is 1. The minimum Gasteiger partial charge on any atom is -0.467 e. The molecule has 2 aromatic carbocycles. The molecular weight excluding hydrogens is 344 g/mol. The van der Waals surface area contributed by atoms with E-state index in [4.69, 9.17) is 4.74 Å². The Morgan fingerprint density at radius 1 is 1.27 bits per heavy atom. The highest BCUT2D eigenvalue weighted by molar-refractivity contribution is 9.10. The number of ether oxygens (including phenoxy) is 1. The van der Waals surface area contributed by atoms with Gasteiger partial charge in [0.15, 0.2) is 5.72 Å². The predicted octanol–water partition coefficient (Wildman–Crippen LogP) is 4.22. The van der Waals surface area contributed by atoms with Gasteiger partial charge in [0.25, 0.3) is 0 Å². The van der Waals surface area contributed by atoms with Gasteiger partial charge in [-0.2, -0.15) is 0 Å². The molecule has 2 aliphatic heterocycles. The summed E-state index contributed by atoms with van der Waals surface area (Å²) in [6.45, 7) is 1.97. The zero-order chi connectivity index (χ0) is 15.3. The highest BCUT2D eigenvalue weighted by Crippen LogP contribution is 2.45. The van der Waals surface area contributed by atoms with Crippen molar-refractivity contribution in [3.05, 3.63) is 58.6 Å². The fourth-order valence-electron chi connectivity index (χ4n) is 3.33. The summed E-state index contributed by atoms with van der Waals surface area (Å²) in [6.07, 6.45) is 0.711. The Kier molecular flexibility index (Phi) is 2.94. The number of carbonyl (C=O) groups excluding carboxylic acids is 1. The standard InChI is InChI=1S/C17H15BrN2O2/c1-17-10-14(13-7-2-3-8-15(13)22-17)19-16(21)20(17)12-6-4-5-11(18)9-12/h2-9,14H,10H2,1H3,(H,19,21)/t14-,17-/m0/s1. The molecule has 0 spiro atoms. The second kappa shape index (κ2) is 4.74. The number of para-hydroxylation sites is 1. The third kappa shape index (κ3) is 2.00. The van der Waals surface area contributed by atoms with Gasteiger partial charge in [0, 0.05) is 16.5 Å². The number of hydrogen-bond acceptors (Lipinski definition) is 2. The molecule has 112 valence electrons. The van der Waals surface area contributed by atoms with Crippen LogP contribution in [0, 0.1) is 0 Å². The fourth-order valence-corrected chi connectivity index (χ4v) is 3.72. The second-order valence-electron chi connectivity index (χ2n) is 5.84. The van der Waals surface area contributed by atoms with E-state index < -0.39 is 5.72 Å². The number of benzene rings is 2. The third-order valence-corrected chi connectivity index (χ3v) is 4.74. The van der Waals surface area contributed by atoms with Gasteiger partial charge in [0.05, 0.1) is 11.7 Å². The molecule has 2 amide bonds. The molecule has 2 atom stereocenters. The number of nitrogens with zero attached hydrogens (tertiary/aromatic N) is 1. The number of halogens is 1. The molecule has 1 fully saturated rings. The molecule has 5 heteroatoms. The summed E-state index contributed by atoms with van der Waals surface area (Å²) >= 11 is 3.46. The first-order valence-electron chi connectivity index (χ1n) is 7.21. The van der Waals surface area contributed by atoms with E-state index in [1.807, 2.05) is 55.5 Å². The maximum absolute atomic E-state index is 12.7. The van der Waals surface area contributed by atoms with Gasteiger partial charge < -0.3 is 10.1 Å². The third-order valence-electron chi connectivity index (χ3n) is 4.25. The largest absolute Gasteiger partial charge is 0.467 e. The van der Waals surface area contributed by atoms with Crippen LogP contribution in [0.1, 0.15) is 24.9 Å². The van der Waals surface area contributed by atoms with Gasteiger partial charge in [-0.25, -0.2) is 4.79 Å². The number of nitrogens with one attached hydrogen (secondary N) is 1. The molecule has 1 saturated heterocycles. The van der Waals surface area contributed by atoms with Crippen molar-refractivity contribution in [3.8, 4) is 5.75 Å². The topological polar surface area (TPSA) is 41.6 Å². The van der Waals surface area contributed by atoms with E-state index in [0.717, 1.165) is 21.5 Å². The molecule has 2 aliphatic rings. The highest BCUT2D eigenvalue weighted by Gasteiger charge is 2.49. The lowest BCUT2D eigenvalue weighted by molar-refractivity contribution is 0.0379. The number of anilines is 1. The summed E-state index contributed by atoms with van der Waals surface area (Å²) in [6, 6.07) is 15.4. The van der Waals surface area contributed by atoms with E-state index in [2.05, 4.69) is 21.2 Å². The first-order valence-corrected chi connectivity index (χ1v) is 8.00. The van der Waals surface area contributed by atoms with Crippen LogP contribution in [0.4, 0.5) is 10.5 Å². The molecule has 0 unspecified atom stereocenters. The lowest BCUT2D eigenvalue weighted by atomic mass is 9.90. The van der Waals surface area contributed by atoms with Crippen LogP contribution in [0.15, 0.2) is 53.0 Å². The molecule has 0 saturated carbocycles. The van der Waals surface area contributed by atoms with E-state index >= 15 is 0 Å². The lowest BCUT2D eigenvalue weighted by Crippen LogP contribution is -2.65. The van der Waals surface area contributed by atoms with Crippen molar-refractivity contribution in [2.75, 3.05) is 4.90 Å². The molecule has 2 aromatic rings. The molecule has 0 aromatic heterocycles. The fraction of sp³-hybridized carbons (Fsp3) is 0.235. The first kappa shape index (κ1) is 13.6. The SMILES string of the molecule is C[C@]12C[C@H](NC(=O)N1c1cccc(Br)c1)c1ccccc1O2. The van der Waals surface area contributed by atoms with E-state index in [-0.39, 0.29) is 12.1 Å². The van der Waals surface area contributed by atoms with Crippen molar-refractivity contribution in [2.24, 2.45) is 0 Å². The maximum atomic E-state index is 12.7. The van der Waals surface area contributed by atoms with Crippen LogP contribution in [0.3, 0.4) is 0 Å². The number of rotatable bonds is 1. The zero-order valence-corrected chi connectivity index (χ0v) is 13.6. The molecule has 0 aliphatic carbocycles. The van der Waals surface area contributed by atoms with E-state index in [1.54, 1.807) is 4.90 Å². The summed E-state index contributed by atoms with van der Waals surface area (Å²) in [5.74, 6) is 0.834. The summed E-state index contributed by atoms with van der Waals surface area (Å²) in [5, 5.41) is 3.09. The van der Waals surface area contributed by atoms with Gasteiger partial charge in [-0.3, -0.25) is 4.90 Å². The average molecular weight is 359 g/mol. The monoisotopic (exact) mass is 358 g/mol. The van der Waals surface area contributed by atoms with Crippen LogP contribution in [-0.4, -0.2) is 11.8 Å². The summed E-state index contributed by atoms with van der Waals surface area (Å²) in [4.78, 5) is 14.4. The quantitative estimate of drug-likeness (QED) is 0.829. The van der Waals surface area contributed by atoms with Crippen LogP contribution in [0.5, 0.6) is 5.75 Å². The van der Waals surface area contributed by atoms with Gasteiger partial charge in [0.2, 0.25) is 0 Å². The van der Waals surface area contributed by atoms with Crippen LogP contribution in [0.2, 0.25) is 0 Å². The van der Waals surface area contributed by atoms with Gasteiger partial charge in [0.1, 0.15) is 5.75 Å². The van der Waals surface area contributed by atoms with Crippen molar-refractivity contribution >= 4 is 27.6 Å². The first-order chi connectivity index (χ1) is 10.6. The number of fused-ring (bicyclic) bond motifs is 4. The highest BCUT2D eigenvalue weighted by atomic mass is 79.9. The number of hydrogen-bond donors (Lipinski definition) is 1. The van der Waals surface area contributed by atoms with Gasteiger partial charge in [-0.15, -0.1) is 0 Å². The molecule has 0 radical (unpaired) electrons. The summed E-state index contributed by atoms with van der Waals surface area (Å²) in [7, 11) is 0. The summed E-state index contributed by atoms with van der Waals surface area (Å²) < 4.78 is 7.15. The second-order valence-corrected chi connectivity index (χ2v) is 6.75. The Hall–Kier alpha value is -2.01. The predicted molar refractivity (Wildman–Crippen MR) is 88.0 cm³/mol. The van der Waals surface area contributed by atoms with Crippen molar-refractivity contribution in [1.29, 1.82) is 0 Å². The van der Waals surface area contributed by atoms with Crippen molar-refractivity contribution < 1.29 is 9.53 Å². The molecule has 1 N–H and O–H groups in total. The number of amides is 2. The van der Waals surface area contributed by atoms with Crippen LogP contribution >= 0.6 is 15.9 Å². The van der Waals surface area contributed by atoms with Crippen LogP contribution in [-0.2, 0) is 0 Å². The Bertz CT molecular complexity index is 764. The smallest absolute Gasteiger partial charge is 0.325 e. The molecule has 22 heavy (non-hydrogen) atoms. The Balaban J connectivity index is 1.82. The van der Waals surface area contributed by atoms with Gasteiger partial charge in [-0.1, -0.05) is 40.2 Å². The van der Waals surface area contributed by atoms with E-state index in [1.165, 1.54) is 0 Å². The van der Waals surface area contributed by atoms with Gasteiger partial charge in [-0.05, 0) is 31.2 Å². The minimum absolute atomic E-state index is 0.00847. The molecule has 2 heterocycles. The zero-order valence-electron chi connectivity index (χ0n) is 12.0. The Labute approximate surface area is 137 Å². The maximum Gasteiger partial charge on any atom is 0.325 e. The minimum atomic E-state index is -0.692. The van der Waals surface area contributed by atoms with Gasteiger partial charge >= 0.3 is 6.03 Å². The van der Waals surface area contributed by atoms with Crippen molar-refractivity contribution in [3.63, 3.8) is 0 Å². The molecule has 4 rings (SSSR count). The van der Waals surface area contributed by atoms with Crippen LogP contribution < -0.4 is 15.0 Å². The molecule has 4 nitrogen and oxygen atoms in total. The Morgan fingerprint density at radius 3 is 2.91 bits per heavy atom. The van der Waals surface area contributed by atoms with E-state index in [9.17, 15) is 4.79 Å².